The number of aryl methyl sites for hydroxylation is 1. The van der Waals surface area contributed by atoms with Crippen LogP contribution in [0.1, 0.15) is 12.0 Å². The Hall–Kier alpha value is -2.88. The fraction of sp³-hybridized carbons (Fsp3) is 0.111. The number of nitrogens with one attached hydrogen (secondary N) is 1. The molecule has 0 atom stereocenters. The number of rotatable bonds is 1. The van der Waals surface area contributed by atoms with Gasteiger partial charge in [-0.2, -0.15) is 0 Å². The third-order valence-electron chi connectivity index (χ3n) is 4.05. The van der Waals surface area contributed by atoms with E-state index >= 15 is 0 Å². The maximum Gasteiger partial charge on any atom is 0.255 e. The molecule has 1 aliphatic heterocycles. The van der Waals surface area contributed by atoms with Gasteiger partial charge in [-0.15, -0.1) is 0 Å². The summed E-state index contributed by atoms with van der Waals surface area (Å²) in [6, 6.07) is 17.0. The maximum absolute atomic E-state index is 12.3. The second kappa shape index (κ2) is 4.84. The van der Waals surface area contributed by atoms with E-state index in [0.717, 1.165) is 27.8 Å². The highest BCUT2D eigenvalue weighted by molar-refractivity contribution is 5.94. The monoisotopic (exact) mass is 290 g/mol. The Balaban J connectivity index is 1.95. The van der Waals surface area contributed by atoms with E-state index in [1.54, 1.807) is 10.6 Å². The van der Waals surface area contributed by atoms with Crippen LogP contribution in [-0.2, 0) is 11.2 Å². The molecule has 1 aromatic heterocycles. The van der Waals surface area contributed by atoms with E-state index in [-0.39, 0.29) is 11.5 Å². The lowest BCUT2D eigenvalue weighted by atomic mass is 10.0. The van der Waals surface area contributed by atoms with Crippen LogP contribution in [0.4, 0.5) is 5.69 Å². The van der Waals surface area contributed by atoms with Gasteiger partial charge >= 0.3 is 0 Å². The van der Waals surface area contributed by atoms with Gasteiger partial charge in [0.1, 0.15) is 0 Å². The highest BCUT2D eigenvalue weighted by atomic mass is 16.1. The molecule has 4 rings (SSSR count). The van der Waals surface area contributed by atoms with Gasteiger partial charge in [0, 0.05) is 23.9 Å². The Morgan fingerprint density at radius 2 is 1.77 bits per heavy atom. The van der Waals surface area contributed by atoms with E-state index < -0.39 is 0 Å². The van der Waals surface area contributed by atoms with Crippen LogP contribution in [0.15, 0.2) is 59.4 Å². The predicted molar refractivity (Wildman–Crippen MR) is 86.5 cm³/mol. The summed E-state index contributed by atoms with van der Waals surface area (Å²) in [6.07, 6.45) is 1.19. The predicted octanol–water partition coefficient (Wildman–Crippen LogP) is 2.88. The molecule has 0 saturated heterocycles. The van der Waals surface area contributed by atoms with Crippen molar-refractivity contribution in [3.8, 4) is 5.69 Å². The minimum absolute atomic E-state index is 0.0441. The Morgan fingerprint density at radius 1 is 0.909 bits per heavy atom. The highest BCUT2D eigenvalue weighted by Crippen LogP contribution is 2.26. The van der Waals surface area contributed by atoms with Crippen LogP contribution in [0.5, 0.6) is 0 Å². The average molecular weight is 290 g/mol. The summed E-state index contributed by atoms with van der Waals surface area (Å²) < 4.78 is 1.71. The molecule has 0 fully saturated rings. The zero-order valence-electron chi connectivity index (χ0n) is 11.9. The normalized spacial score (nSPS) is 13.7. The van der Waals surface area contributed by atoms with Gasteiger partial charge in [0.2, 0.25) is 5.91 Å². The molecule has 0 bridgehead atoms. The Kier molecular flexibility index (Phi) is 2.82. The van der Waals surface area contributed by atoms with Crippen molar-refractivity contribution in [1.29, 1.82) is 0 Å². The Morgan fingerprint density at radius 3 is 2.68 bits per heavy atom. The number of nitrogens with zero attached hydrogens (tertiary/aromatic N) is 1. The van der Waals surface area contributed by atoms with Crippen molar-refractivity contribution in [1.82, 2.24) is 4.57 Å². The quantitative estimate of drug-likeness (QED) is 0.749. The summed E-state index contributed by atoms with van der Waals surface area (Å²) >= 11 is 0. The number of para-hydroxylation sites is 1. The van der Waals surface area contributed by atoms with Gasteiger partial charge in [-0.3, -0.25) is 14.2 Å². The first-order valence-corrected chi connectivity index (χ1v) is 7.26. The third-order valence-corrected chi connectivity index (χ3v) is 4.05. The number of amides is 1. The molecule has 0 unspecified atom stereocenters. The third kappa shape index (κ3) is 2.00. The molecule has 0 saturated carbocycles. The molecule has 0 spiro atoms. The highest BCUT2D eigenvalue weighted by Gasteiger charge is 2.15. The molecule has 22 heavy (non-hydrogen) atoms. The molecule has 3 aromatic rings. The van der Waals surface area contributed by atoms with E-state index in [9.17, 15) is 9.59 Å². The molecule has 0 radical (unpaired) electrons. The number of aromatic nitrogens is 1. The van der Waals surface area contributed by atoms with Crippen LogP contribution in [0.2, 0.25) is 0 Å². The molecule has 2 aromatic carbocycles. The molecule has 4 nitrogen and oxygen atoms in total. The number of pyridine rings is 1. The number of benzene rings is 2. The minimum atomic E-state index is -0.0569. The van der Waals surface area contributed by atoms with E-state index in [0.29, 0.717) is 12.8 Å². The molecule has 1 N–H and O–H groups in total. The zero-order chi connectivity index (χ0) is 15.1. The van der Waals surface area contributed by atoms with E-state index in [4.69, 9.17) is 0 Å². The second-order valence-electron chi connectivity index (χ2n) is 5.46. The SMILES string of the molecule is O=C1CCc2cc(-n3c(=O)ccc4ccccc43)ccc2N1. The zero-order valence-corrected chi connectivity index (χ0v) is 11.9. The van der Waals surface area contributed by atoms with Crippen molar-refractivity contribution in [2.45, 2.75) is 12.8 Å². The largest absolute Gasteiger partial charge is 0.326 e. The van der Waals surface area contributed by atoms with Crippen LogP contribution in [0.25, 0.3) is 16.6 Å². The Bertz CT molecular complexity index is 957. The lowest BCUT2D eigenvalue weighted by Gasteiger charge is -2.18. The van der Waals surface area contributed by atoms with Crippen molar-refractivity contribution < 1.29 is 4.79 Å². The van der Waals surface area contributed by atoms with E-state index in [2.05, 4.69) is 5.32 Å². The Labute approximate surface area is 127 Å². The molecule has 4 heteroatoms. The number of anilines is 1. The van der Waals surface area contributed by atoms with Crippen molar-refractivity contribution in [2.24, 2.45) is 0 Å². The summed E-state index contributed by atoms with van der Waals surface area (Å²) in [5.74, 6) is 0.0441. The molecule has 108 valence electrons. The number of carbonyl (C=O) groups is 1. The first kappa shape index (κ1) is 12.8. The lowest BCUT2D eigenvalue weighted by molar-refractivity contribution is -0.116. The van der Waals surface area contributed by atoms with Crippen LogP contribution in [0.3, 0.4) is 0 Å². The van der Waals surface area contributed by atoms with Crippen molar-refractivity contribution in [2.75, 3.05) is 5.32 Å². The molecule has 2 heterocycles. The summed E-state index contributed by atoms with van der Waals surface area (Å²) in [5.41, 5.74) is 3.57. The minimum Gasteiger partial charge on any atom is -0.326 e. The molecule has 0 aliphatic carbocycles. The van der Waals surface area contributed by atoms with Gasteiger partial charge in [-0.05, 0) is 47.7 Å². The van der Waals surface area contributed by atoms with E-state index in [1.807, 2.05) is 48.5 Å². The van der Waals surface area contributed by atoms with E-state index in [1.165, 1.54) is 0 Å². The van der Waals surface area contributed by atoms with Gasteiger partial charge in [0.05, 0.1) is 5.52 Å². The first-order chi connectivity index (χ1) is 10.7. The second-order valence-corrected chi connectivity index (χ2v) is 5.46. The lowest BCUT2D eigenvalue weighted by Crippen LogP contribution is -2.21. The van der Waals surface area contributed by atoms with Crippen molar-refractivity contribution >= 4 is 22.5 Å². The van der Waals surface area contributed by atoms with Crippen LogP contribution in [0, 0.1) is 0 Å². The van der Waals surface area contributed by atoms with Crippen molar-refractivity contribution in [3.05, 3.63) is 70.5 Å². The maximum atomic E-state index is 12.3. The van der Waals surface area contributed by atoms with Gasteiger partial charge < -0.3 is 5.32 Å². The van der Waals surface area contributed by atoms with Gasteiger partial charge in [0.25, 0.3) is 5.56 Å². The van der Waals surface area contributed by atoms with Gasteiger partial charge in [0.15, 0.2) is 0 Å². The summed E-state index contributed by atoms with van der Waals surface area (Å²) in [4.78, 5) is 23.8. The van der Waals surface area contributed by atoms with Crippen LogP contribution < -0.4 is 10.9 Å². The summed E-state index contributed by atoms with van der Waals surface area (Å²) in [5, 5.41) is 3.89. The number of fused-ring (bicyclic) bond motifs is 2. The molecule has 1 aliphatic rings. The van der Waals surface area contributed by atoms with Crippen LogP contribution >= 0.6 is 0 Å². The van der Waals surface area contributed by atoms with Gasteiger partial charge in [-0.25, -0.2) is 0 Å². The standard InChI is InChI=1S/C18H14N2O2/c21-17-9-5-13-11-14(7-8-15(13)19-17)20-16-4-2-1-3-12(16)6-10-18(20)22/h1-4,6-8,10-11H,5,9H2,(H,19,21). The average Bonchev–Trinajstić information content (AvgIpc) is 2.54. The smallest absolute Gasteiger partial charge is 0.255 e. The van der Waals surface area contributed by atoms with Gasteiger partial charge in [-0.1, -0.05) is 18.2 Å². The van der Waals surface area contributed by atoms with Crippen molar-refractivity contribution in [3.63, 3.8) is 0 Å². The summed E-state index contributed by atoms with van der Waals surface area (Å²) in [7, 11) is 0. The topological polar surface area (TPSA) is 51.1 Å². The first-order valence-electron chi connectivity index (χ1n) is 7.26. The fourth-order valence-electron chi connectivity index (χ4n) is 2.96. The molecular formula is C18H14N2O2. The molecule has 1 amide bonds. The molecular weight excluding hydrogens is 276 g/mol. The number of hydrogen-bond acceptors (Lipinski definition) is 2. The van der Waals surface area contributed by atoms with Crippen LogP contribution in [-0.4, -0.2) is 10.5 Å². The number of hydrogen-bond donors (Lipinski definition) is 1. The number of carbonyl (C=O) groups excluding carboxylic acids is 1. The summed E-state index contributed by atoms with van der Waals surface area (Å²) in [6.45, 7) is 0. The fourth-order valence-corrected chi connectivity index (χ4v) is 2.96.